The molecule has 3 aromatic carbocycles. The predicted octanol–water partition coefficient (Wildman–Crippen LogP) is 10.0. The van der Waals surface area contributed by atoms with Gasteiger partial charge in [-0.2, -0.15) is 0 Å². The summed E-state index contributed by atoms with van der Waals surface area (Å²) in [6, 6.07) is 17.6. The van der Waals surface area contributed by atoms with Crippen molar-refractivity contribution < 1.29 is 9.47 Å². The zero-order valence-corrected chi connectivity index (χ0v) is 25.4. The van der Waals surface area contributed by atoms with Gasteiger partial charge >= 0.3 is 0 Å². The first-order chi connectivity index (χ1) is 17.8. The fraction of sp³-hybridized carbons (Fsp3) is 0.444. The maximum absolute atomic E-state index is 6.97. The number of aryl methyl sites for hydroxylation is 5. The minimum absolute atomic E-state index is 0.223. The smallest absolute Gasteiger partial charge is 0.126 e. The highest BCUT2D eigenvalue weighted by Gasteiger charge is 2.37. The van der Waals surface area contributed by atoms with Crippen molar-refractivity contribution >= 4 is 6.08 Å². The van der Waals surface area contributed by atoms with Crippen LogP contribution in [0, 0.1) is 34.6 Å². The molecule has 0 aliphatic rings. The second-order valence-electron chi connectivity index (χ2n) is 11.8. The Morgan fingerprint density at radius 3 is 1.71 bits per heavy atom. The van der Waals surface area contributed by atoms with Crippen molar-refractivity contribution in [2.45, 2.75) is 106 Å². The SMILES string of the molecule is C=Cc1ccc(CC(C)(C)Oc2c(C)cc(C(C)C(CC)(CC)Oc3c(C)cc(C)cc3C)cc2C)cc1. The van der Waals surface area contributed by atoms with Crippen molar-refractivity contribution in [3.05, 3.63) is 99.6 Å². The molecule has 0 N–H and O–H groups in total. The highest BCUT2D eigenvalue weighted by molar-refractivity contribution is 5.48. The molecule has 38 heavy (non-hydrogen) atoms. The molecule has 3 aromatic rings. The van der Waals surface area contributed by atoms with E-state index in [0.717, 1.165) is 36.3 Å². The molecule has 0 saturated heterocycles. The molecule has 0 bridgehead atoms. The summed E-state index contributed by atoms with van der Waals surface area (Å²) in [5, 5.41) is 0. The monoisotopic (exact) mass is 512 g/mol. The zero-order chi connectivity index (χ0) is 28.3. The van der Waals surface area contributed by atoms with E-state index >= 15 is 0 Å². The number of benzene rings is 3. The second-order valence-corrected chi connectivity index (χ2v) is 11.8. The Morgan fingerprint density at radius 1 is 0.763 bits per heavy atom. The molecule has 0 fully saturated rings. The molecular weight excluding hydrogens is 464 g/mol. The normalized spacial score (nSPS) is 12.8. The molecule has 0 spiro atoms. The largest absolute Gasteiger partial charge is 0.487 e. The molecule has 2 nitrogen and oxygen atoms in total. The van der Waals surface area contributed by atoms with Gasteiger partial charge in [0.1, 0.15) is 22.7 Å². The Morgan fingerprint density at radius 2 is 1.24 bits per heavy atom. The molecule has 3 rings (SSSR count). The summed E-state index contributed by atoms with van der Waals surface area (Å²) in [6.45, 7) is 25.8. The predicted molar refractivity (Wildman–Crippen MR) is 164 cm³/mol. The molecule has 204 valence electrons. The summed E-state index contributed by atoms with van der Waals surface area (Å²) >= 11 is 0. The highest BCUT2D eigenvalue weighted by atomic mass is 16.5. The van der Waals surface area contributed by atoms with Crippen LogP contribution >= 0.6 is 0 Å². The van der Waals surface area contributed by atoms with E-state index < -0.39 is 0 Å². The van der Waals surface area contributed by atoms with Gasteiger partial charge in [-0.15, -0.1) is 0 Å². The first-order valence-electron chi connectivity index (χ1n) is 14.1. The Hall–Kier alpha value is -3.00. The van der Waals surface area contributed by atoms with Gasteiger partial charge in [0.2, 0.25) is 0 Å². The molecule has 0 aromatic heterocycles. The lowest BCUT2D eigenvalue weighted by atomic mass is 9.78. The van der Waals surface area contributed by atoms with E-state index in [2.05, 4.69) is 124 Å². The first kappa shape index (κ1) is 29.6. The molecule has 1 atom stereocenters. The van der Waals surface area contributed by atoms with Gasteiger partial charge in [-0.25, -0.2) is 0 Å². The van der Waals surface area contributed by atoms with Crippen molar-refractivity contribution in [1.29, 1.82) is 0 Å². The van der Waals surface area contributed by atoms with Crippen LogP contribution < -0.4 is 9.47 Å². The molecule has 0 saturated carbocycles. The van der Waals surface area contributed by atoms with E-state index in [9.17, 15) is 0 Å². The van der Waals surface area contributed by atoms with E-state index in [1.54, 1.807) is 0 Å². The van der Waals surface area contributed by atoms with Crippen LogP contribution in [0.25, 0.3) is 6.08 Å². The fourth-order valence-corrected chi connectivity index (χ4v) is 5.90. The summed E-state index contributed by atoms with van der Waals surface area (Å²) < 4.78 is 13.7. The Kier molecular flexibility index (Phi) is 9.18. The Bertz CT molecular complexity index is 1210. The highest BCUT2D eigenvalue weighted by Crippen LogP contribution is 2.42. The third kappa shape index (κ3) is 6.52. The molecule has 1 unspecified atom stereocenters. The quantitative estimate of drug-likeness (QED) is 0.254. The summed E-state index contributed by atoms with van der Waals surface area (Å²) in [6.07, 6.45) is 4.58. The molecule has 2 heteroatoms. The van der Waals surface area contributed by atoms with Crippen LogP contribution in [0.1, 0.15) is 97.9 Å². The molecule has 0 aliphatic heterocycles. The van der Waals surface area contributed by atoms with Gasteiger partial charge in [-0.3, -0.25) is 0 Å². The molecule has 0 amide bonds. The standard InChI is InChI=1S/C36H48O2/c1-12-30-15-17-31(18-16-30)23-35(10,11)37-33-27(7)21-32(22-28(33)8)29(9)36(13-2,14-3)38-34-25(5)19-24(4)20-26(34)6/h12,15-22,29H,1,13-14,23H2,2-11H3. The number of ether oxygens (including phenoxy) is 2. The van der Waals surface area contributed by atoms with Gasteiger partial charge in [0, 0.05) is 12.3 Å². The minimum Gasteiger partial charge on any atom is -0.487 e. The summed E-state index contributed by atoms with van der Waals surface area (Å²) in [4.78, 5) is 0. The lowest BCUT2D eigenvalue weighted by Crippen LogP contribution is -2.40. The van der Waals surface area contributed by atoms with Crippen LogP contribution in [0.3, 0.4) is 0 Å². The van der Waals surface area contributed by atoms with Crippen LogP contribution in [-0.4, -0.2) is 11.2 Å². The molecular formula is C36H48O2. The van der Waals surface area contributed by atoms with Crippen LogP contribution in [0.15, 0.2) is 55.1 Å². The maximum Gasteiger partial charge on any atom is 0.126 e. The lowest BCUT2D eigenvalue weighted by molar-refractivity contribution is 0.0350. The van der Waals surface area contributed by atoms with Crippen LogP contribution in [0.4, 0.5) is 0 Å². The number of hydrogen-bond acceptors (Lipinski definition) is 2. The van der Waals surface area contributed by atoms with Gasteiger partial charge in [0.05, 0.1) is 0 Å². The van der Waals surface area contributed by atoms with Crippen molar-refractivity contribution in [3.8, 4) is 11.5 Å². The molecule has 0 heterocycles. The summed E-state index contributed by atoms with van der Waals surface area (Å²) in [5.74, 6) is 2.24. The third-order valence-corrected chi connectivity index (χ3v) is 8.10. The van der Waals surface area contributed by atoms with Crippen LogP contribution in [0.2, 0.25) is 0 Å². The van der Waals surface area contributed by atoms with E-state index in [1.165, 1.54) is 38.9 Å². The second kappa shape index (κ2) is 11.8. The van der Waals surface area contributed by atoms with Gasteiger partial charge in [-0.1, -0.05) is 87.5 Å². The lowest BCUT2D eigenvalue weighted by Gasteiger charge is -2.40. The van der Waals surface area contributed by atoms with Crippen LogP contribution in [0.5, 0.6) is 11.5 Å². The van der Waals surface area contributed by atoms with E-state index in [1.807, 2.05) is 6.08 Å². The van der Waals surface area contributed by atoms with E-state index in [-0.39, 0.29) is 17.1 Å². The van der Waals surface area contributed by atoms with E-state index in [0.29, 0.717) is 0 Å². The molecule has 0 radical (unpaired) electrons. The van der Waals surface area contributed by atoms with Crippen molar-refractivity contribution in [2.24, 2.45) is 0 Å². The first-order valence-corrected chi connectivity index (χ1v) is 14.1. The average Bonchev–Trinajstić information content (AvgIpc) is 2.86. The maximum atomic E-state index is 6.97. The van der Waals surface area contributed by atoms with Gasteiger partial charge in [0.25, 0.3) is 0 Å². The Balaban J connectivity index is 1.88. The number of rotatable bonds is 11. The van der Waals surface area contributed by atoms with Gasteiger partial charge in [-0.05, 0) is 100 Å². The Labute approximate surface area is 232 Å². The fourth-order valence-electron chi connectivity index (χ4n) is 5.90. The minimum atomic E-state index is -0.335. The van der Waals surface area contributed by atoms with Gasteiger partial charge < -0.3 is 9.47 Å². The van der Waals surface area contributed by atoms with Crippen molar-refractivity contribution in [1.82, 2.24) is 0 Å². The van der Waals surface area contributed by atoms with Crippen molar-refractivity contribution in [3.63, 3.8) is 0 Å². The van der Waals surface area contributed by atoms with Gasteiger partial charge in [0.15, 0.2) is 0 Å². The zero-order valence-electron chi connectivity index (χ0n) is 25.4. The third-order valence-electron chi connectivity index (χ3n) is 8.10. The van der Waals surface area contributed by atoms with E-state index in [4.69, 9.17) is 9.47 Å². The number of hydrogen-bond donors (Lipinski definition) is 0. The molecule has 0 aliphatic carbocycles. The summed E-state index contributed by atoms with van der Waals surface area (Å²) in [5.41, 5.74) is 9.11. The summed E-state index contributed by atoms with van der Waals surface area (Å²) in [7, 11) is 0. The van der Waals surface area contributed by atoms with Crippen molar-refractivity contribution in [2.75, 3.05) is 0 Å². The topological polar surface area (TPSA) is 18.5 Å². The van der Waals surface area contributed by atoms with Crippen LogP contribution in [-0.2, 0) is 6.42 Å². The average molecular weight is 513 g/mol.